The minimum Gasteiger partial charge on any atom is -0.496 e. The number of anilines is 1. The van der Waals surface area contributed by atoms with Crippen molar-refractivity contribution in [3.05, 3.63) is 30.5 Å². The Hall–Kier alpha value is -1.81. The van der Waals surface area contributed by atoms with Gasteiger partial charge < -0.3 is 14.8 Å². The van der Waals surface area contributed by atoms with E-state index in [0.717, 1.165) is 48.5 Å². The highest BCUT2D eigenvalue weighted by atomic mass is 16.5. The Balaban J connectivity index is 1.74. The van der Waals surface area contributed by atoms with E-state index in [4.69, 9.17) is 9.47 Å². The molecule has 1 atom stereocenters. The second-order valence-corrected chi connectivity index (χ2v) is 5.16. The molecule has 0 saturated carbocycles. The number of methoxy groups -OCH3 is 1. The Kier molecular flexibility index (Phi) is 4.02. The summed E-state index contributed by atoms with van der Waals surface area (Å²) in [5.74, 6) is 2.50. The molecule has 1 aromatic heterocycles. The van der Waals surface area contributed by atoms with Gasteiger partial charge in [0.05, 0.1) is 7.11 Å². The third-order valence-electron chi connectivity index (χ3n) is 3.86. The van der Waals surface area contributed by atoms with E-state index in [-0.39, 0.29) is 0 Å². The summed E-state index contributed by atoms with van der Waals surface area (Å²) >= 11 is 0. The van der Waals surface area contributed by atoms with Crippen LogP contribution in [-0.2, 0) is 4.74 Å². The predicted octanol–water partition coefficient (Wildman–Crippen LogP) is 3.08. The average Bonchev–Trinajstić information content (AvgIpc) is 3.00. The topological polar surface area (TPSA) is 43.4 Å². The molecule has 1 aliphatic heterocycles. The van der Waals surface area contributed by atoms with Crippen LogP contribution in [0.3, 0.4) is 0 Å². The van der Waals surface area contributed by atoms with Gasteiger partial charge in [-0.15, -0.1) is 0 Å². The van der Waals surface area contributed by atoms with Crippen molar-refractivity contribution in [3.8, 4) is 5.75 Å². The van der Waals surface area contributed by atoms with Gasteiger partial charge in [-0.3, -0.25) is 0 Å². The van der Waals surface area contributed by atoms with Gasteiger partial charge in [-0.25, -0.2) is 4.98 Å². The first-order valence-electron chi connectivity index (χ1n) is 7.12. The second kappa shape index (κ2) is 6.09. The molecule has 0 radical (unpaired) electrons. The Morgan fingerprint density at radius 3 is 3.10 bits per heavy atom. The van der Waals surface area contributed by atoms with E-state index in [1.54, 1.807) is 7.11 Å². The summed E-state index contributed by atoms with van der Waals surface area (Å²) in [5.41, 5.74) is 0. The van der Waals surface area contributed by atoms with E-state index < -0.39 is 0 Å². The largest absolute Gasteiger partial charge is 0.496 e. The van der Waals surface area contributed by atoms with Gasteiger partial charge in [0.1, 0.15) is 11.6 Å². The van der Waals surface area contributed by atoms with Crippen LogP contribution in [0.4, 0.5) is 5.82 Å². The normalized spacial score (nSPS) is 18.4. The van der Waals surface area contributed by atoms with Gasteiger partial charge in [-0.2, -0.15) is 0 Å². The van der Waals surface area contributed by atoms with E-state index in [1.807, 2.05) is 24.4 Å². The standard InChI is InChI=1S/C16H20N2O2/c1-19-15-4-2-3-14-13(15)6-9-18-16(14)17-8-5-12-7-10-20-11-12/h2-4,6,9,12H,5,7-8,10-11H2,1H3,(H,17,18). The van der Waals surface area contributed by atoms with Crippen molar-refractivity contribution in [2.75, 3.05) is 32.2 Å². The molecule has 3 rings (SSSR count). The SMILES string of the molecule is COc1cccc2c(NCCC3CCOC3)nccc12. The third-order valence-corrected chi connectivity index (χ3v) is 3.86. The minimum absolute atomic E-state index is 0.687. The molecule has 20 heavy (non-hydrogen) atoms. The zero-order valence-corrected chi connectivity index (χ0v) is 11.8. The molecule has 0 aliphatic carbocycles. The molecule has 1 saturated heterocycles. The summed E-state index contributed by atoms with van der Waals surface area (Å²) in [7, 11) is 1.70. The Bertz CT molecular complexity index is 580. The van der Waals surface area contributed by atoms with Gasteiger partial charge in [0.2, 0.25) is 0 Å². The fraction of sp³-hybridized carbons (Fsp3) is 0.438. The molecule has 2 heterocycles. The van der Waals surface area contributed by atoms with Gasteiger partial charge in [-0.05, 0) is 30.9 Å². The molecule has 2 aromatic rings. The van der Waals surface area contributed by atoms with Gasteiger partial charge in [0.15, 0.2) is 0 Å². The van der Waals surface area contributed by atoms with Crippen LogP contribution in [0.1, 0.15) is 12.8 Å². The highest BCUT2D eigenvalue weighted by Crippen LogP contribution is 2.29. The first kappa shape index (κ1) is 13.2. The molecule has 4 nitrogen and oxygen atoms in total. The number of nitrogens with one attached hydrogen (secondary N) is 1. The van der Waals surface area contributed by atoms with Crippen molar-refractivity contribution in [2.24, 2.45) is 5.92 Å². The summed E-state index contributed by atoms with van der Waals surface area (Å²) in [6, 6.07) is 8.04. The van der Waals surface area contributed by atoms with Gasteiger partial charge in [0, 0.05) is 36.7 Å². The molecule has 106 valence electrons. The van der Waals surface area contributed by atoms with E-state index in [1.165, 1.54) is 6.42 Å². The Morgan fingerprint density at radius 2 is 2.30 bits per heavy atom. The van der Waals surface area contributed by atoms with E-state index >= 15 is 0 Å². The summed E-state index contributed by atoms with van der Waals surface area (Å²) in [6.45, 7) is 2.74. The summed E-state index contributed by atoms with van der Waals surface area (Å²) in [5, 5.41) is 5.64. The number of nitrogens with zero attached hydrogens (tertiary/aromatic N) is 1. The van der Waals surface area contributed by atoms with Crippen LogP contribution < -0.4 is 10.1 Å². The number of pyridine rings is 1. The lowest BCUT2D eigenvalue weighted by molar-refractivity contribution is 0.185. The summed E-state index contributed by atoms with van der Waals surface area (Å²) in [4.78, 5) is 4.45. The van der Waals surface area contributed by atoms with Crippen LogP contribution in [0.25, 0.3) is 10.8 Å². The number of ether oxygens (including phenoxy) is 2. The van der Waals surface area contributed by atoms with Gasteiger partial charge in [0.25, 0.3) is 0 Å². The van der Waals surface area contributed by atoms with E-state index in [0.29, 0.717) is 5.92 Å². The van der Waals surface area contributed by atoms with Crippen molar-refractivity contribution in [3.63, 3.8) is 0 Å². The van der Waals surface area contributed by atoms with Crippen molar-refractivity contribution < 1.29 is 9.47 Å². The molecule has 1 fully saturated rings. The molecule has 4 heteroatoms. The lowest BCUT2D eigenvalue weighted by Gasteiger charge is -2.12. The first-order valence-corrected chi connectivity index (χ1v) is 7.12. The fourth-order valence-electron chi connectivity index (χ4n) is 2.70. The molecular weight excluding hydrogens is 252 g/mol. The fourth-order valence-corrected chi connectivity index (χ4v) is 2.70. The molecule has 1 unspecified atom stereocenters. The first-order chi connectivity index (χ1) is 9.88. The maximum Gasteiger partial charge on any atom is 0.133 e. The molecule has 1 aromatic carbocycles. The number of hydrogen-bond acceptors (Lipinski definition) is 4. The number of hydrogen-bond donors (Lipinski definition) is 1. The molecule has 0 amide bonds. The third kappa shape index (κ3) is 2.70. The van der Waals surface area contributed by atoms with Crippen LogP contribution >= 0.6 is 0 Å². The van der Waals surface area contributed by atoms with Crippen molar-refractivity contribution in [1.29, 1.82) is 0 Å². The van der Waals surface area contributed by atoms with Crippen LogP contribution in [0.15, 0.2) is 30.5 Å². The summed E-state index contributed by atoms with van der Waals surface area (Å²) < 4.78 is 10.8. The minimum atomic E-state index is 0.687. The maximum atomic E-state index is 5.40. The number of benzene rings is 1. The molecule has 1 N–H and O–H groups in total. The Labute approximate surface area is 119 Å². The number of fused-ring (bicyclic) bond motifs is 1. The van der Waals surface area contributed by atoms with Crippen LogP contribution in [0.2, 0.25) is 0 Å². The molecule has 0 spiro atoms. The quantitative estimate of drug-likeness (QED) is 0.908. The molecular formula is C16H20N2O2. The predicted molar refractivity (Wildman–Crippen MR) is 80.3 cm³/mol. The highest BCUT2D eigenvalue weighted by molar-refractivity contribution is 5.95. The highest BCUT2D eigenvalue weighted by Gasteiger charge is 2.15. The molecule has 1 aliphatic rings. The lowest BCUT2D eigenvalue weighted by Crippen LogP contribution is -2.10. The monoisotopic (exact) mass is 272 g/mol. The van der Waals surface area contributed by atoms with Crippen molar-refractivity contribution in [1.82, 2.24) is 4.98 Å². The molecule has 0 bridgehead atoms. The number of aromatic nitrogens is 1. The summed E-state index contributed by atoms with van der Waals surface area (Å²) in [6.07, 6.45) is 4.13. The lowest BCUT2D eigenvalue weighted by atomic mass is 10.1. The zero-order valence-electron chi connectivity index (χ0n) is 11.8. The van der Waals surface area contributed by atoms with E-state index in [9.17, 15) is 0 Å². The Morgan fingerprint density at radius 1 is 1.35 bits per heavy atom. The zero-order chi connectivity index (χ0) is 13.8. The second-order valence-electron chi connectivity index (χ2n) is 5.16. The van der Waals surface area contributed by atoms with Gasteiger partial charge >= 0.3 is 0 Å². The van der Waals surface area contributed by atoms with Crippen LogP contribution in [-0.4, -0.2) is 31.9 Å². The van der Waals surface area contributed by atoms with Crippen LogP contribution in [0, 0.1) is 5.92 Å². The maximum absolute atomic E-state index is 5.40. The van der Waals surface area contributed by atoms with Gasteiger partial charge in [-0.1, -0.05) is 12.1 Å². The smallest absolute Gasteiger partial charge is 0.133 e. The van der Waals surface area contributed by atoms with Crippen molar-refractivity contribution >= 4 is 16.6 Å². The van der Waals surface area contributed by atoms with Crippen LogP contribution in [0.5, 0.6) is 5.75 Å². The van der Waals surface area contributed by atoms with Crippen molar-refractivity contribution in [2.45, 2.75) is 12.8 Å². The number of rotatable bonds is 5. The van der Waals surface area contributed by atoms with E-state index in [2.05, 4.69) is 16.4 Å². The average molecular weight is 272 g/mol.